The third-order valence-electron chi connectivity index (χ3n) is 3.62. The van der Waals surface area contributed by atoms with E-state index in [1.165, 1.54) is 18.2 Å². The maximum atomic E-state index is 14.1. The van der Waals surface area contributed by atoms with E-state index in [2.05, 4.69) is 0 Å². The number of sulfone groups is 1. The Bertz CT molecular complexity index is 548. The van der Waals surface area contributed by atoms with Crippen molar-refractivity contribution in [1.82, 2.24) is 0 Å². The number of nitrogens with two attached hydrogens (primary N) is 1. The van der Waals surface area contributed by atoms with Crippen molar-refractivity contribution in [3.8, 4) is 0 Å². The van der Waals surface area contributed by atoms with Crippen LogP contribution < -0.4 is 5.73 Å². The Kier molecular flexibility index (Phi) is 3.47. The van der Waals surface area contributed by atoms with E-state index in [4.69, 9.17) is 5.73 Å². The number of hydrogen-bond donors (Lipinski definition) is 1. The van der Waals surface area contributed by atoms with Crippen molar-refractivity contribution in [2.24, 2.45) is 5.73 Å². The highest BCUT2D eigenvalue weighted by atomic mass is 32.2. The van der Waals surface area contributed by atoms with Crippen molar-refractivity contribution in [3.63, 3.8) is 0 Å². The molecule has 0 bridgehead atoms. The van der Waals surface area contributed by atoms with E-state index in [-0.39, 0.29) is 10.5 Å². The molecule has 1 saturated carbocycles. The third kappa shape index (κ3) is 2.42. The number of halogens is 1. The molecule has 1 fully saturated rings. The van der Waals surface area contributed by atoms with Gasteiger partial charge in [0, 0.05) is 17.4 Å². The Morgan fingerprint density at radius 1 is 1.22 bits per heavy atom. The van der Waals surface area contributed by atoms with Crippen LogP contribution in [0.3, 0.4) is 0 Å². The van der Waals surface area contributed by atoms with Gasteiger partial charge < -0.3 is 5.73 Å². The summed E-state index contributed by atoms with van der Waals surface area (Å²) < 4.78 is 37.6. The first kappa shape index (κ1) is 13.5. The van der Waals surface area contributed by atoms with Crippen LogP contribution in [0.4, 0.5) is 4.39 Å². The van der Waals surface area contributed by atoms with Crippen LogP contribution >= 0.6 is 0 Å². The van der Waals surface area contributed by atoms with Gasteiger partial charge >= 0.3 is 0 Å². The lowest BCUT2D eigenvalue weighted by Crippen LogP contribution is -2.40. The highest BCUT2D eigenvalue weighted by Gasteiger charge is 2.36. The molecule has 1 aliphatic rings. The lowest BCUT2D eigenvalue weighted by molar-refractivity contribution is 0.287. The van der Waals surface area contributed by atoms with E-state index < -0.39 is 21.2 Å². The molecule has 5 heteroatoms. The Morgan fingerprint density at radius 2 is 1.83 bits per heavy atom. The molecule has 2 rings (SSSR count). The highest BCUT2D eigenvalue weighted by Crippen LogP contribution is 2.39. The fourth-order valence-corrected chi connectivity index (χ4v) is 3.73. The lowest BCUT2D eigenvalue weighted by Gasteiger charge is -2.35. The zero-order valence-electron chi connectivity index (χ0n) is 10.4. The maximum absolute atomic E-state index is 14.1. The van der Waals surface area contributed by atoms with Gasteiger partial charge in [-0.05, 0) is 25.0 Å². The summed E-state index contributed by atoms with van der Waals surface area (Å²) in [6.45, 7) is 0. The molecule has 0 radical (unpaired) electrons. The van der Waals surface area contributed by atoms with Crippen LogP contribution in [-0.2, 0) is 15.4 Å². The standard InChI is InChI=1S/C13H18FNO2S/c1-18(16,17)11-7-5-6-10(14)12(11)13(15)8-3-2-4-9-13/h5-7H,2-4,8-9,15H2,1H3. The number of rotatable bonds is 2. The first-order valence-electron chi connectivity index (χ1n) is 6.12. The van der Waals surface area contributed by atoms with Crippen LogP contribution in [0.1, 0.15) is 37.7 Å². The number of benzene rings is 1. The SMILES string of the molecule is CS(=O)(=O)c1cccc(F)c1C1(N)CCCCC1. The van der Waals surface area contributed by atoms with Crippen molar-refractivity contribution in [2.45, 2.75) is 42.5 Å². The Morgan fingerprint density at radius 3 is 2.39 bits per heavy atom. The average Bonchev–Trinajstić information content (AvgIpc) is 2.28. The van der Waals surface area contributed by atoms with E-state index in [1.54, 1.807) is 0 Å². The first-order valence-corrected chi connectivity index (χ1v) is 8.02. The predicted molar refractivity (Wildman–Crippen MR) is 68.5 cm³/mol. The Labute approximate surface area is 107 Å². The van der Waals surface area contributed by atoms with Crippen LogP contribution in [0.25, 0.3) is 0 Å². The van der Waals surface area contributed by atoms with Crippen molar-refractivity contribution >= 4 is 9.84 Å². The van der Waals surface area contributed by atoms with E-state index >= 15 is 0 Å². The van der Waals surface area contributed by atoms with Gasteiger partial charge in [-0.3, -0.25) is 0 Å². The lowest BCUT2D eigenvalue weighted by atomic mass is 9.77. The van der Waals surface area contributed by atoms with Crippen molar-refractivity contribution in [2.75, 3.05) is 6.26 Å². The molecule has 1 aromatic rings. The molecule has 0 atom stereocenters. The molecule has 0 spiro atoms. The number of hydrogen-bond acceptors (Lipinski definition) is 3. The minimum atomic E-state index is -3.46. The summed E-state index contributed by atoms with van der Waals surface area (Å²) in [6, 6.07) is 4.14. The van der Waals surface area contributed by atoms with Gasteiger partial charge in [0.2, 0.25) is 0 Å². The fourth-order valence-electron chi connectivity index (χ4n) is 2.73. The average molecular weight is 271 g/mol. The maximum Gasteiger partial charge on any atom is 0.175 e. The third-order valence-corrected chi connectivity index (χ3v) is 4.76. The molecule has 0 aliphatic heterocycles. The van der Waals surface area contributed by atoms with Crippen LogP contribution in [0.5, 0.6) is 0 Å². The molecule has 0 amide bonds. The second-order valence-corrected chi connectivity index (χ2v) is 7.09. The Balaban J connectivity index is 2.62. The summed E-state index contributed by atoms with van der Waals surface area (Å²) in [5.74, 6) is -0.512. The zero-order chi connectivity index (χ0) is 13.4. The van der Waals surface area contributed by atoms with E-state index in [0.717, 1.165) is 25.5 Å². The molecular weight excluding hydrogens is 253 g/mol. The molecule has 0 saturated heterocycles. The molecule has 0 unspecified atom stereocenters. The van der Waals surface area contributed by atoms with Crippen LogP contribution in [-0.4, -0.2) is 14.7 Å². The fraction of sp³-hybridized carbons (Fsp3) is 0.538. The smallest absolute Gasteiger partial charge is 0.175 e. The first-order chi connectivity index (χ1) is 8.34. The monoisotopic (exact) mass is 271 g/mol. The van der Waals surface area contributed by atoms with Crippen molar-refractivity contribution in [1.29, 1.82) is 0 Å². The summed E-state index contributed by atoms with van der Waals surface area (Å²) >= 11 is 0. The largest absolute Gasteiger partial charge is 0.321 e. The van der Waals surface area contributed by atoms with E-state index in [1.807, 2.05) is 0 Å². The molecule has 1 aromatic carbocycles. The van der Waals surface area contributed by atoms with E-state index in [9.17, 15) is 12.8 Å². The summed E-state index contributed by atoms with van der Waals surface area (Å²) in [7, 11) is -3.46. The van der Waals surface area contributed by atoms with Crippen molar-refractivity contribution < 1.29 is 12.8 Å². The van der Waals surface area contributed by atoms with Crippen molar-refractivity contribution in [3.05, 3.63) is 29.6 Å². The Hall–Kier alpha value is -0.940. The summed E-state index contributed by atoms with van der Waals surface area (Å²) in [5.41, 5.74) is 5.60. The van der Waals surface area contributed by atoms with Gasteiger partial charge in [0.1, 0.15) is 5.82 Å². The summed E-state index contributed by atoms with van der Waals surface area (Å²) in [6.07, 6.45) is 5.26. The van der Waals surface area contributed by atoms with Gasteiger partial charge in [0.15, 0.2) is 9.84 Å². The minimum Gasteiger partial charge on any atom is -0.321 e. The normalized spacial score (nSPS) is 19.7. The molecule has 0 heterocycles. The topological polar surface area (TPSA) is 60.2 Å². The summed E-state index contributed by atoms with van der Waals surface area (Å²) in [5, 5.41) is 0. The predicted octanol–water partition coefficient (Wildman–Crippen LogP) is 2.35. The van der Waals surface area contributed by atoms with Gasteiger partial charge in [-0.15, -0.1) is 0 Å². The van der Waals surface area contributed by atoms with E-state index in [0.29, 0.717) is 12.8 Å². The molecule has 100 valence electrons. The molecule has 0 aromatic heterocycles. The molecule has 1 aliphatic carbocycles. The van der Waals surface area contributed by atoms with Gasteiger partial charge in [-0.1, -0.05) is 25.3 Å². The molecular formula is C13H18FNO2S. The molecule has 3 nitrogen and oxygen atoms in total. The van der Waals surface area contributed by atoms with Gasteiger partial charge in [0.05, 0.1) is 4.90 Å². The second-order valence-electron chi connectivity index (χ2n) is 5.10. The highest BCUT2D eigenvalue weighted by molar-refractivity contribution is 7.90. The minimum absolute atomic E-state index is 0.0342. The van der Waals surface area contributed by atoms with Crippen LogP contribution in [0.2, 0.25) is 0 Å². The molecule has 2 N–H and O–H groups in total. The second kappa shape index (κ2) is 4.63. The van der Waals surface area contributed by atoms with Crippen LogP contribution in [0.15, 0.2) is 23.1 Å². The quantitative estimate of drug-likeness (QED) is 0.898. The van der Waals surface area contributed by atoms with Gasteiger partial charge in [-0.25, -0.2) is 12.8 Å². The molecule has 18 heavy (non-hydrogen) atoms. The van der Waals surface area contributed by atoms with Crippen LogP contribution in [0, 0.1) is 5.82 Å². The van der Waals surface area contributed by atoms with Gasteiger partial charge in [0.25, 0.3) is 0 Å². The summed E-state index contributed by atoms with van der Waals surface area (Å²) in [4.78, 5) is 0.0342. The zero-order valence-corrected chi connectivity index (χ0v) is 11.3. The van der Waals surface area contributed by atoms with Gasteiger partial charge in [-0.2, -0.15) is 0 Å².